The van der Waals surface area contributed by atoms with Crippen LogP contribution in [0.3, 0.4) is 0 Å². The number of aromatic nitrogens is 1. The molecule has 1 amide bonds. The van der Waals surface area contributed by atoms with Gasteiger partial charge in [-0.25, -0.2) is 21.6 Å². The summed E-state index contributed by atoms with van der Waals surface area (Å²) in [5.41, 5.74) is 3.35. The summed E-state index contributed by atoms with van der Waals surface area (Å²) in [6.45, 7) is 6.79. The van der Waals surface area contributed by atoms with Crippen LogP contribution in [0.15, 0.2) is 52.3 Å². The number of nitrogens with zero attached hydrogens (tertiary/aromatic N) is 1. The molecule has 0 aliphatic rings. The largest absolute Gasteiger partial charge is 0.345 e. The predicted molar refractivity (Wildman–Crippen MR) is 111 cm³/mol. The highest BCUT2D eigenvalue weighted by Gasteiger charge is 2.21. The number of rotatable bonds is 5. The molecule has 9 heteroatoms. The van der Waals surface area contributed by atoms with Crippen LogP contribution in [0, 0.1) is 13.8 Å². The number of fused-ring (bicyclic) bond motifs is 1. The number of hydrogen-bond donors (Lipinski definition) is 1. The molecule has 0 atom stereocenters. The van der Waals surface area contributed by atoms with Crippen LogP contribution in [-0.2, 0) is 26.4 Å². The van der Waals surface area contributed by atoms with Crippen molar-refractivity contribution in [2.75, 3.05) is 6.26 Å². The van der Waals surface area contributed by atoms with Crippen LogP contribution in [0.2, 0.25) is 0 Å². The highest BCUT2D eigenvalue weighted by atomic mass is 32.2. The lowest BCUT2D eigenvalue weighted by molar-refractivity contribution is 0.0981. The second kappa shape index (κ2) is 7.31. The average molecular weight is 435 g/mol. The van der Waals surface area contributed by atoms with Gasteiger partial charge in [-0.15, -0.1) is 0 Å². The number of carbonyl (C=O) groups is 1. The minimum absolute atomic E-state index is 0.000454. The lowest BCUT2D eigenvalue weighted by atomic mass is 10.1. The first-order valence-electron chi connectivity index (χ1n) is 8.92. The van der Waals surface area contributed by atoms with Gasteiger partial charge in [-0.1, -0.05) is 0 Å². The van der Waals surface area contributed by atoms with Crippen LogP contribution in [0.1, 0.15) is 28.5 Å². The summed E-state index contributed by atoms with van der Waals surface area (Å²) in [5, 5.41) is 0.895. The zero-order valence-electron chi connectivity index (χ0n) is 16.6. The van der Waals surface area contributed by atoms with Gasteiger partial charge in [0, 0.05) is 35.0 Å². The van der Waals surface area contributed by atoms with E-state index in [1.54, 1.807) is 18.2 Å². The third-order valence-electron chi connectivity index (χ3n) is 5.01. The van der Waals surface area contributed by atoms with Gasteiger partial charge in [0.05, 0.1) is 9.79 Å². The SMILES string of the molecule is CCn1c(C)c(C)c2cc(C(=O)NS(=O)(=O)c3ccc(S(C)(=O)=O)cc3)ccc21. The van der Waals surface area contributed by atoms with E-state index in [2.05, 4.69) is 4.57 Å². The molecular formula is C20H22N2O5S2. The summed E-state index contributed by atoms with van der Waals surface area (Å²) in [6, 6.07) is 9.78. The zero-order chi connectivity index (χ0) is 21.6. The smallest absolute Gasteiger partial charge is 0.265 e. The molecular weight excluding hydrogens is 412 g/mol. The summed E-state index contributed by atoms with van der Waals surface area (Å²) in [7, 11) is -7.58. The first-order valence-corrected chi connectivity index (χ1v) is 12.3. The monoisotopic (exact) mass is 434 g/mol. The minimum Gasteiger partial charge on any atom is -0.345 e. The standard InChI is InChI=1S/C20H22N2O5S2/c1-5-22-14(3)13(2)18-12-15(6-11-19(18)22)20(23)21-29(26,27)17-9-7-16(8-10-17)28(4,24)25/h6-12H,5H2,1-4H3,(H,21,23). The van der Waals surface area contributed by atoms with E-state index in [9.17, 15) is 21.6 Å². The molecule has 0 aliphatic heterocycles. The predicted octanol–water partition coefficient (Wildman–Crippen LogP) is 2.80. The third-order valence-corrected chi connectivity index (χ3v) is 7.48. The molecule has 3 rings (SSSR count). The molecule has 1 heterocycles. The summed E-state index contributed by atoms with van der Waals surface area (Å²) in [4.78, 5) is 12.4. The molecule has 2 aromatic carbocycles. The maximum atomic E-state index is 12.6. The van der Waals surface area contributed by atoms with Crippen LogP contribution in [0.4, 0.5) is 0 Å². The Morgan fingerprint density at radius 3 is 2.10 bits per heavy atom. The van der Waals surface area contributed by atoms with Crippen molar-refractivity contribution in [3.05, 3.63) is 59.3 Å². The highest BCUT2D eigenvalue weighted by molar-refractivity contribution is 7.91. The average Bonchev–Trinajstić information content (AvgIpc) is 2.90. The first-order chi connectivity index (χ1) is 13.5. The fourth-order valence-electron chi connectivity index (χ4n) is 3.30. The molecule has 29 heavy (non-hydrogen) atoms. The van der Waals surface area contributed by atoms with E-state index in [4.69, 9.17) is 0 Å². The maximum absolute atomic E-state index is 12.6. The van der Waals surface area contributed by atoms with Crippen LogP contribution in [0.25, 0.3) is 10.9 Å². The van der Waals surface area contributed by atoms with Crippen molar-refractivity contribution in [1.82, 2.24) is 9.29 Å². The Morgan fingerprint density at radius 2 is 1.55 bits per heavy atom. The Kier molecular flexibility index (Phi) is 5.31. The lowest BCUT2D eigenvalue weighted by Crippen LogP contribution is -2.30. The first kappa shape index (κ1) is 21.1. The Bertz CT molecular complexity index is 1320. The van der Waals surface area contributed by atoms with Crippen molar-refractivity contribution < 1.29 is 21.6 Å². The van der Waals surface area contributed by atoms with Crippen LogP contribution < -0.4 is 4.72 Å². The molecule has 3 aromatic rings. The zero-order valence-corrected chi connectivity index (χ0v) is 18.2. The van der Waals surface area contributed by atoms with Crippen molar-refractivity contribution in [2.45, 2.75) is 37.1 Å². The number of aryl methyl sites for hydroxylation is 2. The van der Waals surface area contributed by atoms with Gasteiger partial charge in [-0.05, 0) is 68.8 Å². The Balaban J connectivity index is 1.92. The summed E-state index contributed by atoms with van der Waals surface area (Å²) < 4.78 is 52.3. The molecule has 1 aromatic heterocycles. The van der Waals surface area contributed by atoms with Crippen LogP contribution in [-0.4, -0.2) is 33.6 Å². The van der Waals surface area contributed by atoms with Crippen LogP contribution >= 0.6 is 0 Å². The van der Waals surface area contributed by atoms with Crippen molar-refractivity contribution in [3.63, 3.8) is 0 Å². The van der Waals surface area contributed by atoms with E-state index < -0.39 is 25.8 Å². The van der Waals surface area contributed by atoms with Crippen LogP contribution in [0.5, 0.6) is 0 Å². The molecule has 0 saturated carbocycles. The Hall–Kier alpha value is -2.65. The fraction of sp³-hybridized carbons (Fsp3) is 0.250. The molecule has 0 aliphatic carbocycles. The quantitative estimate of drug-likeness (QED) is 0.665. The Labute approximate surface area is 170 Å². The molecule has 7 nitrogen and oxygen atoms in total. The second-order valence-electron chi connectivity index (χ2n) is 6.86. The van der Waals surface area contributed by atoms with Gasteiger partial charge in [0.1, 0.15) is 0 Å². The number of hydrogen-bond acceptors (Lipinski definition) is 5. The van der Waals surface area contributed by atoms with E-state index in [1.807, 2.05) is 25.5 Å². The molecule has 0 fully saturated rings. The van der Waals surface area contributed by atoms with Crippen molar-refractivity contribution in [1.29, 1.82) is 0 Å². The third kappa shape index (κ3) is 3.92. The van der Waals surface area contributed by atoms with E-state index in [0.29, 0.717) is 0 Å². The highest BCUT2D eigenvalue weighted by Crippen LogP contribution is 2.26. The molecule has 0 spiro atoms. The number of sulfone groups is 1. The van der Waals surface area contributed by atoms with E-state index in [-0.39, 0.29) is 15.4 Å². The molecule has 0 unspecified atom stereocenters. The molecule has 0 saturated heterocycles. The van der Waals surface area contributed by atoms with Crippen molar-refractivity contribution in [3.8, 4) is 0 Å². The molecule has 0 bridgehead atoms. The second-order valence-corrected chi connectivity index (χ2v) is 10.6. The lowest BCUT2D eigenvalue weighted by Gasteiger charge is -2.08. The summed E-state index contributed by atoms with van der Waals surface area (Å²) in [6.07, 6.45) is 1.03. The van der Waals surface area contributed by atoms with Gasteiger partial charge in [0.25, 0.3) is 15.9 Å². The van der Waals surface area contributed by atoms with Gasteiger partial charge in [0.2, 0.25) is 0 Å². The summed E-state index contributed by atoms with van der Waals surface area (Å²) in [5.74, 6) is -0.750. The van der Waals surface area contributed by atoms with Gasteiger partial charge in [0.15, 0.2) is 9.84 Å². The van der Waals surface area contributed by atoms with Gasteiger partial charge in [-0.3, -0.25) is 4.79 Å². The number of nitrogens with one attached hydrogen (secondary N) is 1. The van der Waals surface area contributed by atoms with Gasteiger partial charge >= 0.3 is 0 Å². The molecule has 1 N–H and O–H groups in total. The molecule has 154 valence electrons. The normalized spacial score (nSPS) is 12.3. The van der Waals surface area contributed by atoms with E-state index in [0.717, 1.165) is 47.1 Å². The number of carbonyl (C=O) groups excluding carboxylic acids is 1. The number of amides is 1. The molecule has 0 radical (unpaired) electrons. The Morgan fingerprint density at radius 1 is 0.966 bits per heavy atom. The van der Waals surface area contributed by atoms with Crippen molar-refractivity contribution >= 4 is 36.7 Å². The van der Waals surface area contributed by atoms with E-state index >= 15 is 0 Å². The minimum atomic E-state index is -4.14. The fourth-order valence-corrected chi connectivity index (χ4v) is 4.91. The summed E-state index contributed by atoms with van der Waals surface area (Å²) >= 11 is 0. The number of sulfonamides is 1. The number of benzene rings is 2. The van der Waals surface area contributed by atoms with Gasteiger partial charge < -0.3 is 4.57 Å². The topological polar surface area (TPSA) is 102 Å². The van der Waals surface area contributed by atoms with E-state index in [1.165, 1.54) is 12.1 Å². The van der Waals surface area contributed by atoms with Gasteiger partial charge in [-0.2, -0.15) is 0 Å². The maximum Gasteiger partial charge on any atom is 0.265 e. The van der Waals surface area contributed by atoms with Crippen molar-refractivity contribution in [2.24, 2.45) is 0 Å².